The molecule has 3 heterocycles. The molecule has 1 amide bonds. The van der Waals surface area contributed by atoms with Crippen molar-refractivity contribution in [2.75, 3.05) is 5.73 Å². The van der Waals surface area contributed by atoms with Crippen LogP contribution in [0.3, 0.4) is 0 Å². The van der Waals surface area contributed by atoms with Crippen LogP contribution in [-0.4, -0.2) is 25.8 Å². The van der Waals surface area contributed by atoms with E-state index in [1.807, 2.05) is 47.5 Å². The lowest BCUT2D eigenvalue weighted by Crippen LogP contribution is -2.36. The van der Waals surface area contributed by atoms with Crippen molar-refractivity contribution in [3.8, 4) is 0 Å². The van der Waals surface area contributed by atoms with E-state index in [4.69, 9.17) is 5.73 Å². The van der Waals surface area contributed by atoms with Gasteiger partial charge in [0.25, 0.3) is 5.91 Å². The van der Waals surface area contributed by atoms with Crippen LogP contribution < -0.4 is 5.73 Å². The van der Waals surface area contributed by atoms with E-state index in [0.717, 1.165) is 41.4 Å². The SMILES string of the molecule is Nc1ccc2ccc(CN(C(=O)c3cccnc3)[C@H]3CCCc4cccnc43)cc2n1. The Bertz CT molecular complexity index is 1240. The molecule has 0 saturated carbocycles. The summed E-state index contributed by atoms with van der Waals surface area (Å²) in [6, 6.07) is 17.4. The summed E-state index contributed by atoms with van der Waals surface area (Å²) in [7, 11) is 0. The molecule has 0 unspecified atom stereocenters. The second-order valence-corrected chi connectivity index (χ2v) is 7.89. The fraction of sp³-hybridized carbons (Fsp3) is 0.200. The van der Waals surface area contributed by atoms with E-state index in [0.29, 0.717) is 17.9 Å². The number of hydrogen-bond donors (Lipinski definition) is 1. The summed E-state index contributed by atoms with van der Waals surface area (Å²) in [6.45, 7) is 0.459. The predicted molar refractivity (Wildman–Crippen MR) is 120 cm³/mol. The molecule has 6 heteroatoms. The van der Waals surface area contributed by atoms with Gasteiger partial charge in [0, 0.05) is 30.5 Å². The monoisotopic (exact) mass is 409 g/mol. The molecule has 31 heavy (non-hydrogen) atoms. The third-order valence-electron chi connectivity index (χ3n) is 5.84. The Labute approximate surface area is 180 Å². The molecule has 4 aromatic rings. The van der Waals surface area contributed by atoms with E-state index >= 15 is 0 Å². The first-order chi connectivity index (χ1) is 15.2. The summed E-state index contributed by atoms with van der Waals surface area (Å²) in [5.41, 5.74) is 10.5. The van der Waals surface area contributed by atoms with Crippen LogP contribution in [0.5, 0.6) is 0 Å². The Morgan fingerprint density at radius 2 is 1.97 bits per heavy atom. The number of fused-ring (bicyclic) bond motifs is 2. The van der Waals surface area contributed by atoms with Gasteiger partial charge in [-0.1, -0.05) is 18.2 Å². The number of nitrogens with two attached hydrogens (primary N) is 1. The molecule has 0 bridgehead atoms. The first-order valence-electron chi connectivity index (χ1n) is 10.5. The molecule has 1 aliphatic carbocycles. The molecule has 1 aromatic carbocycles. The van der Waals surface area contributed by atoms with Crippen LogP contribution in [-0.2, 0) is 13.0 Å². The zero-order valence-corrected chi connectivity index (χ0v) is 17.1. The third-order valence-corrected chi connectivity index (χ3v) is 5.84. The molecule has 2 N–H and O–H groups in total. The number of pyridine rings is 3. The fourth-order valence-electron chi connectivity index (χ4n) is 4.34. The summed E-state index contributed by atoms with van der Waals surface area (Å²) in [4.78, 5) is 28.8. The van der Waals surface area contributed by atoms with Gasteiger partial charge in [0.05, 0.1) is 22.8 Å². The lowest BCUT2D eigenvalue weighted by atomic mass is 9.90. The second-order valence-electron chi connectivity index (χ2n) is 7.89. The molecule has 0 spiro atoms. The Hall–Kier alpha value is -3.80. The lowest BCUT2D eigenvalue weighted by molar-refractivity contribution is 0.0632. The molecule has 6 nitrogen and oxygen atoms in total. The summed E-state index contributed by atoms with van der Waals surface area (Å²) in [5.74, 6) is 0.440. The van der Waals surface area contributed by atoms with Crippen LogP contribution in [0.15, 0.2) is 73.2 Å². The van der Waals surface area contributed by atoms with Gasteiger partial charge in [-0.2, -0.15) is 0 Å². The number of benzene rings is 1. The van der Waals surface area contributed by atoms with E-state index in [2.05, 4.69) is 21.0 Å². The maximum atomic E-state index is 13.6. The maximum absolute atomic E-state index is 13.6. The van der Waals surface area contributed by atoms with E-state index < -0.39 is 0 Å². The number of carbonyl (C=O) groups excluding carboxylic acids is 1. The van der Waals surface area contributed by atoms with Crippen molar-refractivity contribution in [3.63, 3.8) is 0 Å². The Kier molecular flexibility index (Phi) is 5.04. The fourth-order valence-corrected chi connectivity index (χ4v) is 4.34. The summed E-state index contributed by atoms with van der Waals surface area (Å²) < 4.78 is 0. The van der Waals surface area contributed by atoms with Crippen molar-refractivity contribution in [2.24, 2.45) is 0 Å². The molecule has 0 fully saturated rings. The number of amides is 1. The van der Waals surface area contributed by atoms with Gasteiger partial charge >= 0.3 is 0 Å². The van der Waals surface area contributed by atoms with Crippen molar-refractivity contribution >= 4 is 22.6 Å². The highest BCUT2D eigenvalue weighted by Crippen LogP contribution is 2.35. The Morgan fingerprint density at radius 1 is 1.10 bits per heavy atom. The van der Waals surface area contributed by atoms with Crippen molar-refractivity contribution in [1.29, 1.82) is 0 Å². The van der Waals surface area contributed by atoms with E-state index in [9.17, 15) is 4.79 Å². The minimum atomic E-state index is -0.0813. The van der Waals surface area contributed by atoms with Gasteiger partial charge < -0.3 is 10.6 Å². The van der Waals surface area contributed by atoms with Crippen LogP contribution in [0, 0.1) is 0 Å². The largest absolute Gasteiger partial charge is 0.384 e. The van der Waals surface area contributed by atoms with Gasteiger partial charge in [0.1, 0.15) is 5.82 Å². The van der Waals surface area contributed by atoms with Gasteiger partial charge in [-0.05, 0) is 66.8 Å². The number of nitrogen functional groups attached to an aromatic ring is 1. The van der Waals surface area contributed by atoms with Gasteiger partial charge in [-0.15, -0.1) is 0 Å². The normalized spacial score (nSPS) is 15.4. The van der Waals surface area contributed by atoms with Crippen molar-refractivity contribution in [3.05, 3.63) is 95.6 Å². The topological polar surface area (TPSA) is 85.0 Å². The zero-order valence-electron chi connectivity index (χ0n) is 17.1. The Morgan fingerprint density at radius 3 is 2.84 bits per heavy atom. The maximum Gasteiger partial charge on any atom is 0.256 e. The second kappa shape index (κ2) is 8.14. The van der Waals surface area contributed by atoms with E-state index in [1.165, 1.54) is 5.56 Å². The van der Waals surface area contributed by atoms with Crippen LogP contribution in [0.2, 0.25) is 0 Å². The minimum absolute atomic E-state index is 0.0442. The number of rotatable bonds is 4. The van der Waals surface area contributed by atoms with Crippen molar-refractivity contribution < 1.29 is 4.79 Å². The standard InChI is InChI=1S/C25H23N5O/c26-23-11-10-18-9-8-17(14-21(18)29-23)16-30(25(31)20-6-2-12-27-15-20)22-7-1-4-19-5-3-13-28-24(19)22/h2-3,5-6,8-15,22H,1,4,7,16H2,(H2,26,29)/t22-/m0/s1. The number of nitrogens with zero attached hydrogens (tertiary/aromatic N) is 4. The molecule has 1 atom stereocenters. The number of aromatic nitrogens is 3. The summed E-state index contributed by atoms with van der Waals surface area (Å²) in [6.07, 6.45) is 8.02. The number of anilines is 1. The highest BCUT2D eigenvalue weighted by molar-refractivity contribution is 5.94. The molecular weight excluding hydrogens is 386 g/mol. The first-order valence-corrected chi connectivity index (χ1v) is 10.5. The third kappa shape index (κ3) is 3.84. The van der Waals surface area contributed by atoms with Crippen molar-refractivity contribution in [1.82, 2.24) is 19.9 Å². The molecule has 0 aliphatic heterocycles. The molecule has 5 rings (SSSR count). The summed E-state index contributed by atoms with van der Waals surface area (Å²) >= 11 is 0. The lowest BCUT2D eigenvalue weighted by Gasteiger charge is -2.35. The van der Waals surface area contributed by atoms with Crippen LogP contribution in [0.1, 0.15) is 46.1 Å². The smallest absolute Gasteiger partial charge is 0.256 e. The first kappa shape index (κ1) is 19.2. The van der Waals surface area contributed by atoms with Crippen LogP contribution in [0.4, 0.5) is 5.82 Å². The molecule has 0 radical (unpaired) electrons. The quantitative estimate of drug-likeness (QED) is 0.542. The highest BCUT2D eigenvalue weighted by Gasteiger charge is 2.31. The number of hydrogen-bond acceptors (Lipinski definition) is 5. The summed E-state index contributed by atoms with van der Waals surface area (Å²) in [5, 5.41) is 1.02. The highest BCUT2D eigenvalue weighted by atomic mass is 16.2. The van der Waals surface area contributed by atoms with Gasteiger partial charge in [-0.25, -0.2) is 4.98 Å². The van der Waals surface area contributed by atoms with Crippen molar-refractivity contribution in [2.45, 2.75) is 31.8 Å². The van der Waals surface area contributed by atoms with Crippen LogP contribution >= 0.6 is 0 Å². The van der Waals surface area contributed by atoms with Gasteiger partial charge in [0.2, 0.25) is 0 Å². The minimum Gasteiger partial charge on any atom is -0.384 e. The predicted octanol–water partition coefficient (Wildman–Crippen LogP) is 4.33. The Balaban J connectivity index is 1.55. The molecule has 0 saturated heterocycles. The number of carbonyl (C=O) groups is 1. The zero-order chi connectivity index (χ0) is 21.2. The molecule has 154 valence electrons. The van der Waals surface area contributed by atoms with E-state index in [-0.39, 0.29) is 11.9 Å². The van der Waals surface area contributed by atoms with Gasteiger partial charge in [0.15, 0.2) is 0 Å². The van der Waals surface area contributed by atoms with Gasteiger partial charge in [-0.3, -0.25) is 14.8 Å². The number of aryl methyl sites for hydroxylation is 1. The van der Waals surface area contributed by atoms with Crippen LogP contribution in [0.25, 0.3) is 10.9 Å². The average Bonchev–Trinajstić information content (AvgIpc) is 2.82. The molecule has 1 aliphatic rings. The molecule has 3 aromatic heterocycles. The average molecular weight is 409 g/mol. The molecular formula is C25H23N5O. The van der Waals surface area contributed by atoms with E-state index in [1.54, 1.807) is 24.5 Å².